The maximum absolute atomic E-state index is 10.9. The number of rotatable bonds is 8. The van der Waals surface area contributed by atoms with E-state index in [1.165, 1.54) is 5.56 Å². The molecule has 0 aliphatic heterocycles. The molecule has 1 aliphatic rings. The van der Waals surface area contributed by atoms with Gasteiger partial charge < -0.3 is 5.73 Å². The summed E-state index contributed by atoms with van der Waals surface area (Å²) in [5.74, 6) is 0. The smallest absolute Gasteiger partial charge is 0.269 e. The number of aryl methyl sites for hydroxylation is 1. The molecule has 1 saturated carbocycles. The first-order chi connectivity index (χ1) is 13.1. The zero-order valence-electron chi connectivity index (χ0n) is 15.8. The lowest BCUT2D eigenvalue weighted by Crippen LogP contribution is -2.41. The topological polar surface area (TPSA) is 72.4 Å². The summed E-state index contributed by atoms with van der Waals surface area (Å²) in [6.45, 7) is 1.87. The second-order valence-electron chi connectivity index (χ2n) is 7.55. The van der Waals surface area contributed by atoms with Crippen LogP contribution in [-0.2, 0) is 13.0 Å². The highest BCUT2D eigenvalue weighted by atomic mass is 16.6. The standard InChI is InChI=1S/C22H29N3O2/c23-20-10-14-21(15-11-20)24(16-4-7-18-5-2-1-3-6-18)17-19-8-12-22(13-9-19)25(26)27/h1-3,5-6,8-9,12-13,20-21H,4,7,10-11,14-17,23H2. The van der Waals surface area contributed by atoms with Crippen LogP contribution in [0.15, 0.2) is 54.6 Å². The summed E-state index contributed by atoms with van der Waals surface area (Å²) in [5, 5.41) is 10.9. The Morgan fingerprint density at radius 2 is 1.63 bits per heavy atom. The van der Waals surface area contributed by atoms with E-state index in [-0.39, 0.29) is 10.6 Å². The molecule has 1 aliphatic carbocycles. The van der Waals surface area contributed by atoms with E-state index in [1.807, 2.05) is 12.1 Å². The molecule has 27 heavy (non-hydrogen) atoms. The van der Waals surface area contributed by atoms with Gasteiger partial charge in [-0.3, -0.25) is 15.0 Å². The van der Waals surface area contributed by atoms with Crippen molar-refractivity contribution in [1.82, 2.24) is 4.90 Å². The van der Waals surface area contributed by atoms with E-state index in [2.05, 4.69) is 35.2 Å². The van der Waals surface area contributed by atoms with E-state index in [9.17, 15) is 10.1 Å². The Balaban J connectivity index is 1.62. The molecule has 2 N–H and O–H groups in total. The van der Waals surface area contributed by atoms with Crippen molar-refractivity contribution >= 4 is 5.69 Å². The Kier molecular flexibility index (Phi) is 6.96. The van der Waals surface area contributed by atoms with E-state index in [0.29, 0.717) is 12.1 Å². The third-order valence-electron chi connectivity index (χ3n) is 5.54. The molecule has 5 heteroatoms. The van der Waals surface area contributed by atoms with Gasteiger partial charge in [-0.25, -0.2) is 0 Å². The summed E-state index contributed by atoms with van der Waals surface area (Å²) in [7, 11) is 0. The molecular weight excluding hydrogens is 338 g/mol. The Hall–Kier alpha value is -2.24. The van der Waals surface area contributed by atoms with Crippen molar-refractivity contribution < 1.29 is 4.92 Å². The number of benzene rings is 2. The first kappa shape index (κ1) is 19.5. The predicted octanol–water partition coefficient (Wildman–Crippen LogP) is 4.30. The third-order valence-corrected chi connectivity index (χ3v) is 5.54. The lowest BCUT2D eigenvalue weighted by Gasteiger charge is -2.36. The fourth-order valence-electron chi connectivity index (χ4n) is 3.95. The van der Waals surface area contributed by atoms with E-state index in [1.54, 1.807) is 12.1 Å². The summed E-state index contributed by atoms with van der Waals surface area (Å²) in [5.41, 5.74) is 8.75. The molecule has 0 saturated heterocycles. The molecule has 2 aromatic carbocycles. The largest absolute Gasteiger partial charge is 0.328 e. The zero-order chi connectivity index (χ0) is 19.1. The average Bonchev–Trinajstić information content (AvgIpc) is 2.69. The fraction of sp³-hybridized carbons (Fsp3) is 0.455. The van der Waals surface area contributed by atoms with E-state index < -0.39 is 0 Å². The van der Waals surface area contributed by atoms with Crippen LogP contribution in [0.2, 0.25) is 0 Å². The van der Waals surface area contributed by atoms with Crippen LogP contribution in [0.5, 0.6) is 0 Å². The Bertz CT molecular complexity index is 710. The van der Waals surface area contributed by atoms with Crippen molar-refractivity contribution in [1.29, 1.82) is 0 Å². The number of nitro groups is 1. The fourth-order valence-corrected chi connectivity index (χ4v) is 3.95. The Morgan fingerprint density at radius 3 is 2.26 bits per heavy atom. The second-order valence-corrected chi connectivity index (χ2v) is 7.55. The van der Waals surface area contributed by atoms with Crippen LogP contribution in [0, 0.1) is 10.1 Å². The number of hydrogen-bond acceptors (Lipinski definition) is 4. The van der Waals surface area contributed by atoms with Crippen LogP contribution < -0.4 is 5.73 Å². The van der Waals surface area contributed by atoms with Gasteiger partial charge in [-0.15, -0.1) is 0 Å². The zero-order valence-corrected chi connectivity index (χ0v) is 15.8. The third kappa shape index (κ3) is 5.88. The minimum absolute atomic E-state index is 0.151. The monoisotopic (exact) mass is 367 g/mol. The van der Waals surface area contributed by atoms with Gasteiger partial charge in [-0.1, -0.05) is 42.5 Å². The Labute approximate surface area is 161 Å². The molecule has 0 bridgehead atoms. The van der Waals surface area contributed by atoms with Gasteiger partial charge in [-0.2, -0.15) is 0 Å². The maximum Gasteiger partial charge on any atom is 0.269 e. The van der Waals surface area contributed by atoms with Gasteiger partial charge in [0.25, 0.3) is 5.69 Å². The molecule has 0 unspecified atom stereocenters. The molecule has 0 aromatic heterocycles. The normalized spacial score (nSPS) is 19.9. The summed E-state index contributed by atoms with van der Waals surface area (Å²) < 4.78 is 0. The summed E-state index contributed by atoms with van der Waals surface area (Å²) in [6, 6.07) is 18.5. The van der Waals surface area contributed by atoms with Crippen LogP contribution in [0.3, 0.4) is 0 Å². The molecule has 144 valence electrons. The van der Waals surface area contributed by atoms with E-state index in [0.717, 1.165) is 57.2 Å². The first-order valence-corrected chi connectivity index (χ1v) is 9.88. The van der Waals surface area contributed by atoms with Crippen LogP contribution in [-0.4, -0.2) is 28.5 Å². The van der Waals surface area contributed by atoms with Gasteiger partial charge in [0.1, 0.15) is 0 Å². The number of nitro benzene ring substituents is 1. The van der Waals surface area contributed by atoms with Crippen LogP contribution in [0.4, 0.5) is 5.69 Å². The van der Waals surface area contributed by atoms with Crippen molar-refractivity contribution in [2.45, 2.75) is 57.2 Å². The van der Waals surface area contributed by atoms with Crippen molar-refractivity contribution in [3.05, 3.63) is 75.8 Å². The van der Waals surface area contributed by atoms with E-state index in [4.69, 9.17) is 5.73 Å². The number of nitrogens with zero attached hydrogens (tertiary/aromatic N) is 2. The summed E-state index contributed by atoms with van der Waals surface area (Å²) in [6.07, 6.45) is 6.63. The first-order valence-electron chi connectivity index (χ1n) is 9.88. The SMILES string of the molecule is NC1CCC(N(CCCc2ccccc2)Cc2ccc([N+](=O)[O-])cc2)CC1. The number of hydrogen-bond donors (Lipinski definition) is 1. The molecule has 1 fully saturated rings. The van der Waals surface area contributed by atoms with Gasteiger partial charge in [0.05, 0.1) is 4.92 Å². The lowest BCUT2D eigenvalue weighted by atomic mass is 9.90. The highest BCUT2D eigenvalue weighted by Crippen LogP contribution is 2.25. The van der Waals surface area contributed by atoms with Gasteiger partial charge in [0.2, 0.25) is 0 Å². The molecule has 0 atom stereocenters. The number of non-ortho nitro benzene ring substituents is 1. The van der Waals surface area contributed by atoms with E-state index >= 15 is 0 Å². The average molecular weight is 367 g/mol. The van der Waals surface area contributed by atoms with Gasteiger partial charge >= 0.3 is 0 Å². The molecule has 0 heterocycles. The Morgan fingerprint density at radius 1 is 0.963 bits per heavy atom. The predicted molar refractivity (Wildman–Crippen MR) is 109 cm³/mol. The maximum atomic E-state index is 10.9. The van der Waals surface area contributed by atoms with Crippen molar-refractivity contribution in [2.24, 2.45) is 5.73 Å². The molecule has 2 aromatic rings. The van der Waals surface area contributed by atoms with Crippen molar-refractivity contribution in [3.63, 3.8) is 0 Å². The highest BCUT2D eigenvalue weighted by Gasteiger charge is 2.24. The molecular formula is C22H29N3O2. The van der Waals surface area contributed by atoms with Gasteiger partial charge in [0.15, 0.2) is 0 Å². The van der Waals surface area contributed by atoms with Crippen LogP contribution >= 0.6 is 0 Å². The minimum atomic E-state index is -0.343. The quantitative estimate of drug-likeness (QED) is 0.558. The van der Waals surface area contributed by atoms with Crippen LogP contribution in [0.25, 0.3) is 0 Å². The summed E-state index contributed by atoms with van der Waals surface area (Å²) >= 11 is 0. The van der Waals surface area contributed by atoms with Crippen molar-refractivity contribution in [2.75, 3.05) is 6.54 Å². The summed E-state index contributed by atoms with van der Waals surface area (Å²) in [4.78, 5) is 13.1. The van der Waals surface area contributed by atoms with Crippen LogP contribution in [0.1, 0.15) is 43.2 Å². The van der Waals surface area contributed by atoms with Gasteiger partial charge in [-0.05, 0) is 56.2 Å². The minimum Gasteiger partial charge on any atom is -0.328 e. The molecule has 5 nitrogen and oxygen atoms in total. The van der Waals surface area contributed by atoms with Crippen molar-refractivity contribution in [3.8, 4) is 0 Å². The molecule has 0 radical (unpaired) electrons. The molecule has 0 amide bonds. The lowest BCUT2D eigenvalue weighted by molar-refractivity contribution is -0.384. The molecule has 3 rings (SSSR count). The highest BCUT2D eigenvalue weighted by molar-refractivity contribution is 5.32. The second kappa shape index (κ2) is 9.62. The number of nitrogens with two attached hydrogens (primary N) is 1. The van der Waals surface area contributed by atoms with Gasteiger partial charge in [0, 0.05) is 30.8 Å². The molecule has 0 spiro atoms.